The molecule has 0 radical (unpaired) electrons. The summed E-state index contributed by atoms with van der Waals surface area (Å²) in [6.45, 7) is 1.70. The molecule has 0 spiro atoms. The Balaban J connectivity index is 1.68. The number of pyridine rings is 1. The largest absolute Gasteiger partial charge is 0.352 e. The van der Waals surface area contributed by atoms with E-state index >= 15 is 0 Å². The van der Waals surface area contributed by atoms with E-state index in [1.165, 1.54) is 5.56 Å². The molecular formula is C15H15N3. The molecule has 0 amide bonds. The number of fused-ring (bicyclic) bond motifs is 1. The van der Waals surface area contributed by atoms with Crippen LogP contribution in [0.25, 0.3) is 0 Å². The first-order valence-electron chi connectivity index (χ1n) is 6.16. The van der Waals surface area contributed by atoms with E-state index in [9.17, 15) is 0 Å². The average molecular weight is 237 g/mol. The molecule has 0 aliphatic carbocycles. The maximum atomic E-state index is 8.16. The Kier molecular flexibility index (Phi) is 2.81. The van der Waals surface area contributed by atoms with Gasteiger partial charge in [0.25, 0.3) is 0 Å². The highest BCUT2D eigenvalue weighted by molar-refractivity contribution is 6.00. The number of hydrogen-bond acceptors (Lipinski definition) is 2. The highest BCUT2D eigenvalue weighted by atomic mass is 15.2. The third-order valence-electron chi connectivity index (χ3n) is 3.31. The van der Waals surface area contributed by atoms with Crippen LogP contribution in [0.5, 0.6) is 0 Å². The highest BCUT2D eigenvalue weighted by Gasteiger charge is 2.22. The number of benzene rings is 1. The van der Waals surface area contributed by atoms with E-state index in [0.717, 1.165) is 30.8 Å². The van der Waals surface area contributed by atoms with Gasteiger partial charge in [-0.05, 0) is 17.7 Å². The molecule has 90 valence electrons. The quantitative estimate of drug-likeness (QED) is 0.890. The molecular weight excluding hydrogens is 222 g/mol. The number of aromatic nitrogens is 1. The second-order valence-corrected chi connectivity index (χ2v) is 4.50. The minimum atomic E-state index is 0.640. The van der Waals surface area contributed by atoms with Crippen molar-refractivity contribution in [3.63, 3.8) is 0 Å². The number of rotatable bonds is 3. The van der Waals surface area contributed by atoms with Gasteiger partial charge in [0.2, 0.25) is 0 Å². The van der Waals surface area contributed by atoms with Gasteiger partial charge in [-0.15, -0.1) is 0 Å². The fourth-order valence-electron chi connectivity index (χ4n) is 2.33. The lowest BCUT2D eigenvalue weighted by Gasteiger charge is -2.17. The zero-order valence-corrected chi connectivity index (χ0v) is 10.1. The van der Waals surface area contributed by atoms with Gasteiger partial charge in [0, 0.05) is 37.0 Å². The van der Waals surface area contributed by atoms with Crippen molar-refractivity contribution in [1.29, 1.82) is 5.41 Å². The molecule has 0 unspecified atom stereocenters. The Morgan fingerprint density at radius 2 is 1.94 bits per heavy atom. The zero-order valence-electron chi connectivity index (χ0n) is 10.1. The molecule has 1 aromatic heterocycles. The molecule has 0 bridgehead atoms. The molecule has 3 heteroatoms. The Hall–Kier alpha value is -2.16. The van der Waals surface area contributed by atoms with Crippen molar-refractivity contribution in [3.8, 4) is 0 Å². The molecule has 2 heterocycles. The van der Waals surface area contributed by atoms with Crippen LogP contribution in [0.1, 0.15) is 16.8 Å². The molecule has 0 saturated heterocycles. The molecule has 1 aliphatic rings. The second kappa shape index (κ2) is 4.61. The third-order valence-corrected chi connectivity index (χ3v) is 3.31. The van der Waals surface area contributed by atoms with Crippen molar-refractivity contribution >= 4 is 5.84 Å². The van der Waals surface area contributed by atoms with E-state index in [0.29, 0.717) is 5.84 Å². The SMILES string of the molecule is N=C1c2ccccc2CN1CCc1ccccn1. The number of amidine groups is 1. The Morgan fingerprint density at radius 1 is 1.11 bits per heavy atom. The van der Waals surface area contributed by atoms with E-state index in [1.807, 2.05) is 42.6 Å². The standard InChI is InChI=1S/C15H15N3/c16-15-14-7-2-1-5-12(14)11-18(15)10-8-13-6-3-4-9-17-13/h1-7,9,16H,8,10-11H2. The molecule has 1 aromatic carbocycles. The molecule has 0 fully saturated rings. The van der Waals surface area contributed by atoms with Gasteiger partial charge >= 0.3 is 0 Å². The summed E-state index contributed by atoms with van der Waals surface area (Å²) in [5.74, 6) is 0.640. The first-order chi connectivity index (χ1) is 8.84. The zero-order chi connectivity index (χ0) is 12.4. The Bertz CT molecular complexity index is 563. The summed E-state index contributed by atoms with van der Waals surface area (Å²) in [7, 11) is 0. The molecule has 3 nitrogen and oxygen atoms in total. The van der Waals surface area contributed by atoms with E-state index in [-0.39, 0.29) is 0 Å². The lowest BCUT2D eigenvalue weighted by Crippen LogP contribution is -2.26. The average Bonchev–Trinajstić information content (AvgIpc) is 2.75. The summed E-state index contributed by atoms with van der Waals surface area (Å²) in [6.07, 6.45) is 2.70. The van der Waals surface area contributed by atoms with Crippen molar-refractivity contribution in [1.82, 2.24) is 9.88 Å². The maximum Gasteiger partial charge on any atom is 0.128 e. The van der Waals surface area contributed by atoms with Crippen LogP contribution in [0.15, 0.2) is 48.7 Å². The van der Waals surface area contributed by atoms with Crippen LogP contribution < -0.4 is 0 Å². The minimum Gasteiger partial charge on any atom is -0.352 e. The van der Waals surface area contributed by atoms with E-state index < -0.39 is 0 Å². The van der Waals surface area contributed by atoms with Crippen LogP contribution in [0.3, 0.4) is 0 Å². The Morgan fingerprint density at radius 3 is 2.72 bits per heavy atom. The van der Waals surface area contributed by atoms with Gasteiger partial charge in [-0.25, -0.2) is 0 Å². The highest BCUT2D eigenvalue weighted by Crippen LogP contribution is 2.22. The summed E-state index contributed by atoms with van der Waals surface area (Å²) in [4.78, 5) is 6.43. The summed E-state index contributed by atoms with van der Waals surface area (Å²) >= 11 is 0. The maximum absolute atomic E-state index is 8.16. The number of hydrogen-bond donors (Lipinski definition) is 1. The van der Waals surface area contributed by atoms with Crippen LogP contribution in [0.2, 0.25) is 0 Å². The fraction of sp³-hybridized carbons (Fsp3) is 0.200. The van der Waals surface area contributed by atoms with Gasteiger partial charge in [0.15, 0.2) is 0 Å². The van der Waals surface area contributed by atoms with Gasteiger partial charge in [-0.3, -0.25) is 10.4 Å². The lowest BCUT2D eigenvalue weighted by molar-refractivity contribution is 0.430. The van der Waals surface area contributed by atoms with Crippen molar-refractivity contribution in [2.24, 2.45) is 0 Å². The molecule has 1 aliphatic heterocycles. The van der Waals surface area contributed by atoms with Gasteiger partial charge in [-0.2, -0.15) is 0 Å². The van der Waals surface area contributed by atoms with E-state index in [4.69, 9.17) is 5.41 Å². The molecule has 18 heavy (non-hydrogen) atoms. The summed E-state index contributed by atoms with van der Waals surface area (Å²) < 4.78 is 0. The van der Waals surface area contributed by atoms with Gasteiger partial charge < -0.3 is 4.90 Å². The predicted octanol–water partition coefficient (Wildman–Crippen LogP) is 2.47. The monoisotopic (exact) mass is 237 g/mol. The lowest BCUT2D eigenvalue weighted by atomic mass is 10.1. The molecule has 3 rings (SSSR count). The minimum absolute atomic E-state index is 0.640. The van der Waals surface area contributed by atoms with Crippen LogP contribution in [0, 0.1) is 5.41 Å². The number of nitrogens with zero attached hydrogens (tertiary/aromatic N) is 2. The summed E-state index contributed by atoms with van der Waals surface area (Å²) in [6, 6.07) is 14.1. The van der Waals surface area contributed by atoms with Crippen LogP contribution in [-0.4, -0.2) is 22.3 Å². The predicted molar refractivity (Wildman–Crippen MR) is 71.6 cm³/mol. The van der Waals surface area contributed by atoms with Gasteiger partial charge in [0.1, 0.15) is 5.84 Å². The third kappa shape index (κ3) is 1.99. The first kappa shape index (κ1) is 11.0. The van der Waals surface area contributed by atoms with Crippen LogP contribution in [-0.2, 0) is 13.0 Å². The van der Waals surface area contributed by atoms with Gasteiger partial charge in [-0.1, -0.05) is 30.3 Å². The fourth-order valence-corrected chi connectivity index (χ4v) is 2.33. The summed E-state index contributed by atoms with van der Waals surface area (Å²) in [5, 5.41) is 8.16. The summed E-state index contributed by atoms with van der Waals surface area (Å²) in [5.41, 5.74) is 3.41. The molecule has 0 saturated carbocycles. The smallest absolute Gasteiger partial charge is 0.128 e. The normalized spacial score (nSPS) is 13.8. The molecule has 1 N–H and O–H groups in total. The van der Waals surface area contributed by atoms with Crippen molar-refractivity contribution in [2.45, 2.75) is 13.0 Å². The van der Waals surface area contributed by atoms with Crippen molar-refractivity contribution in [2.75, 3.05) is 6.54 Å². The topological polar surface area (TPSA) is 40.0 Å². The first-order valence-corrected chi connectivity index (χ1v) is 6.16. The van der Waals surface area contributed by atoms with Crippen molar-refractivity contribution < 1.29 is 0 Å². The number of nitrogens with one attached hydrogen (secondary N) is 1. The van der Waals surface area contributed by atoms with Crippen LogP contribution >= 0.6 is 0 Å². The van der Waals surface area contributed by atoms with E-state index in [2.05, 4.69) is 16.0 Å². The molecule has 0 atom stereocenters. The van der Waals surface area contributed by atoms with E-state index in [1.54, 1.807) is 0 Å². The van der Waals surface area contributed by atoms with Crippen LogP contribution in [0.4, 0.5) is 0 Å². The second-order valence-electron chi connectivity index (χ2n) is 4.50. The Labute approximate surface area is 107 Å². The van der Waals surface area contributed by atoms with Crippen molar-refractivity contribution in [3.05, 3.63) is 65.5 Å². The molecule has 2 aromatic rings. The van der Waals surface area contributed by atoms with Gasteiger partial charge in [0.05, 0.1) is 0 Å².